The Bertz CT molecular complexity index is 605. The van der Waals surface area contributed by atoms with Crippen molar-refractivity contribution in [2.75, 3.05) is 13.1 Å². The van der Waals surface area contributed by atoms with Crippen LogP contribution in [0, 0.1) is 11.3 Å². The Morgan fingerprint density at radius 1 is 1.19 bits per heavy atom. The van der Waals surface area contributed by atoms with Crippen molar-refractivity contribution in [1.29, 1.82) is 5.26 Å². The zero-order chi connectivity index (χ0) is 19.4. The lowest BCUT2D eigenvalue weighted by Gasteiger charge is -2.26. The number of nitriles is 1. The van der Waals surface area contributed by atoms with Crippen molar-refractivity contribution in [1.82, 2.24) is 10.4 Å². The number of nitrogens with zero attached hydrogens (tertiary/aromatic N) is 2. The standard InChI is InChI=1S/C19H27N3O4/c1-19(2,3)26-18(24)22(25-15-16-9-5-4-6-10-16)14-8-7-13-21-17(23)11-12-20/h4-6,9-10H,7-8,11,13-15H2,1-3H3,(H,21,23). The van der Waals surface area contributed by atoms with Gasteiger partial charge < -0.3 is 10.1 Å². The SMILES string of the molecule is CC(C)(C)OC(=O)N(CCCCNC(=O)CC#N)OCc1ccccc1. The minimum Gasteiger partial charge on any atom is -0.442 e. The first kappa shape index (κ1) is 21.5. The third-order valence-electron chi connectivity index (χ3n) is 3.18. The average molecular weight is 361 g/mol. The predicted molar refractivity (Wildman–Crippen MR) is 96.6 cm³/mol. The first-order valence-corrected chi connectivity index (χ1v) is 8.63. The number of hydrogen-bond donors (Lipinski definition) is 1. The van der Waals surface area contributed by atoms with Crippen LogP contribution in [0.15, 0.2) is 30.3 Å². The van der Waals surface area contributed by atoms with Gasteiger partial charge in [0.15, 0.2) is 0 Å². The van der Waals surface area contributed by atoms with Gasteiger partial charge >= 0.3 is 6.09 Å². The molecule has 26 heavy (non-hydrogen) atoms. The summed E-state index contributed by atoms with van der Waals surface area (Å²) in [5, 5.41) is 12.3. The monoisotopic (exact) mass is 361 g/mol. The van der Waals surface area contributed by atoms with Gasteiger partial charge in [0.1, 0.15) is 18.6 Å². The highest BCUT2D eigenvalue weighted by molar-refractivity contribution is 5.77. The van der Waals surface area contributed by atoms with E-state index in [1.165, 1.54) is 5.06 Å². The lowest BCUT2D eigenvalue weighted by Crippen LogP contribution is -2.37. The van der Waals surface area contributed by atoms with Gasteiger partial charge in [0, 0.05) is 6.54 Å². The molecule has 0 aromatic heterocycles. The summed E-state index contributed by atoms with van der Waals surface area (Å²) >= 11 is 0. The van der Waals surface area contributed by atoms with Crippen LogP contribution in [0.25, 0.3) is 0 Å². The molecule has 1 aromatic carbocycles. The molecule has 1 aromatic rings. The maximum atomic E-state index is 12.3. The summed E-state index contributed by atoms with van der Waals surface area (Å²) < 4.78 is 5.37. The Morgan fingerprint density at radius 3 is 2.50 bits per heavy atom. The lowest BCUT2D eigenvalue weighted by molar-refractivity contribution is -0.156. The molecule has 0 heterocycles. The van der Waals surface area contributed by atoms with E-state index in [1.54, 1.807) is 26.8 Å². The summed E-state index contributed by atoms with van der Waals surface area (Å²) in [5.41, 5.74) is 0.335. The van der Waals surface area contributed by atoms with Gasteiger partial charge in [0.2, 0.25) is 5.91 Å². The van der Waals surface area contributed by atoms with Crippen LogP contribution < -0.4 is 5.32 Å². The first-order valence-electron chi connectivity index (χ1n) is 8.63. The van der Waals surface area contributed by atoms with Gasteiger partial charge in [0.05, 0.1) is 12.6 Å². The van der Waals surface area contributed by atoms with E-state index in [2.05, 4.69) is 5.32 Å². The fraction of sp³-hybridized carbons (Fsp3) is 0.526. The topological polar surface area (TPSA) is 91.7 Å². The maximum Gasteiger partial charge on any atom is 0.434 e. The van der Waals surface area contributed by atoms with E-state index >= 15 is 0 Å². The number of unbranched alkanes of at least 4 members (excludes halogenated alkanes) is 1. The molecule has 0 fully saturated rings. The summed E-state index contributed by atoms with van der Waals surface area (Å²) in [6.07, 6.45) is 0.595. The molecule has 0 aliphatic carbocycles. The number of hydrogen-bond acceptors (Lipinski definition) is 5. The molecule has 1 rings (SSSR count). The Labute approximate surface area is 154 Å². The third-order valence-corrected chi connectivity index (χ3v) is 3.18. The van der Waals surface area contributed by atoms with E-state index in [4.69, 9.17) is 14.8 Å². The molecule has 7 nitrogen and oxygen atoms in total. The van der Waals surface area contributed by atoms with E-state index in [0.717, 1.165) is 5.56 Å². The van der Waals surface area contributed by atoms with Crippen LogP contribution in [0.5, 0.6) is 0 Å². The molecule has 0 bridgehead atoms. The van der Waals surface area contributed by atoms with Crippen molar-refractivity contribution in [3.8, 4) is 6.07 Å². The van der Waals surface area contributed by atoms with Crippen molar-refractivity contribution in [3.05, 3.63) is 35.9 Å². The second-order valence-electron chi connectivity index (χ2n) is 6.73. The Kier molecular flexibility index (Phi) is 9.17. The van der Waals surface area contributed by atoms with E-state index in [0.29, 0.717) is 25.9 Å². The van der Waals surface area contributed by atoms with Gasteiger partial charge in [-0.25, -0.2) is 4.79 Å². The smallest absolute Gasteiger partial charge is 0.434 e. The van der Waals surface area contributed by atoms with Crippen LogP contribution in [0.4, 0.5) is 4.79 Å². The van der Waals surface area contributed by atoms with Crippen molar-refractivity contribution in [2.24, 2.45) is 0 Å². The van der Waals surface area contributed by atoms with Crippen molar-refractivity contribution in [2.45, 2.75) is 52.2 Å². The molecule has 0 saturated carbocycles. The quantitative estimate of drug-likeness (QED) is 0.539. The zero-order valence-corrected chi connectivity index (χ0v) is 15.7. The van der Waals surface area contributed by atoms with Crippen LogP contribution in [0.1, 0.15) is 45.6 Å². The minimum atomic E-state index is -0.614. The molecule has 7 heteroatoms. The molecule has 0 aliphatic heterocycles. The number of ether oxygens (including phenoxy) is 1. The van der Waals surface area contributed by atoms with Gasteiger partial charge in [-0.15, -0.1) is 0 Å². The van der Waals surface area contributed by atoms with Gasteiger partial charge in [-0.1, -0.05) is 30.3 Å². The van der Waals surface area contributed by atoms with Gasteiger partial charge in [0.25, 0.3) is 0 Å². The number of hydroxylamine groups is 2. The zero-order valence-electron chi connectivity index (χ0n) is 15.7. The fourth-order valence-corrected chi connectivity index (χ4v) is 1.99. The number of carbonyl (C=O) groups is 2. The number of benzene rings is 1. The third kappa shape index (κ3) is 9.64. The molecular weight excluding hydrogens is 334 g/mol. The normalized spacial score (nSPS) is 10.7. The summed E-state index contributed by atoms with van der Waals surface area (Å²) in [4.78, 5) is 29.2. The number of nitrogens with one attached hydrogen (secondary N) is 1. The second-order valence-corrected chi connectivity index (χ2v) is 6.73. The Hall–Kier alpha value is -2.59. The molecule has 0 aliphatic rings. The molecule has 0 spiro atoms. The molecule has 0 unspecified atom stereocenters. The highest BCUT2D eigenvalue weighted by Crippen LogP contribution is 2.12. The molecular formula is C19H27N3O4. The predicted octanol–water partition coefficient (Wildman–Crippen LogP) is 3.17. The second kappa shape index (κ2) is 11.1. The summed E-state index contributed by atoms with van der Waals surface area (Å²) in [7, 11) is 0. The van der Waals surface area contributed by atoms with Crippen molar-refractivity contribution >= 4 is 12.0 Å². The lowest BCUT2D eigenvalue weighted by atomic mass is 10.2. The van der Waals surface area contributed by atoms with E-state index in [9.17, 15) is 9.59 Å². The highest BCUT2D eigenvalue weighted by atomic mass is 16.7. The average Bonchev–Trinajstić information content (AvgIpc) is 2.56. The first-order chi connectivity index (χ1) is 12.3. The maximum absolute atomic E-state index is 12.3. The highest BCUT2D eigenvalue weighted by Gasteiger charge is 2.22. The number of carbonyl (C=O) groups excluding carboxylic acids is 2. The Balaban J connectivity index is 2.48. The molecule has 1 N–H and O–H groups in total. The van der Waals surface area contributed by atoms with E-state index in [-0.39, 0.29) is 18.9 Å². The van der Waals surface area contributed by atoms with E-state index in [1.807, 2.05) is 30.3 Å². The molecule has 2 amide bonds. The van der Waals surface area contributed by atoms with Crippen molar-refractivity contribution in [3.63, 3.8) is 0 Å². The van der Waals surface area contributed by atoms with Crippen LogP contribution in [0.3, 0.4) is 0 Å². The minimum absolute atomic E-state index is 0.149. The molecule has 0 radical (unpaired) electrons. The summed E-state index contributed by atoms with van der Waals surface area (Å²) in [5.74, 6) is -0.295. The van der Waals surface area contributed by atoms with Gasteiger partial charge in [-0.3, -0.25) is 9.63 Å². The van der Waals surface area contributed by atoms with Gasteiger partial charge in [-0.2, -0.15) is 10.3 Å². The summed E-state index contributed by atoms with van der Waals surface area (Å²) in [6, 6.07) is 11.3. The molecule has 142 valence electrons. The largest absolute Gasteiger partial charge is 0.442 e. The van der Waals surface area contributed by atoms with Crippen LogP contribution in [-0.4, -0.2) is 35.8 Å². The van der Waals surface area contributed by atoms with E-state index < -0.39 is 11.7 Å². The molecule has 0 saturated heterocycles. The van der Waals surface area contributed by atoms with Crippen molar-refractivity contribution < 1.29 is 19.2 Å². The van der Waals surface area contributed by atoms with Crippen LogP contribution in [0.2, 0.25) is 0 Å². The van der Waals surface area contributed by atoms with Crippen LogP contribution in [-0.2, 0) is 21.0 Å². The number of rotatable bonds is 9. The van der Waals surface area contributed by atoms with Crippen LogP contribution >= 0.6 is 0 Å². The molecule has 0 atom stereocenters. The number of amides is 2. The summed E-state index contributed by atoms with van der Waals surface area (Å²) in [6.45, 7) is 6.44. The van der Waals surface area contributed by atoms with Gasteiger partial charge in [-0.05, 0) is 39.2 Å². The fourth-order valence-electron chi connectivity index (χ4n) is 1.99. The Morgan fingerprint density at radius 2 is 1.88 bits per heavy atom.